The van der Waals surface area contributed by atoms with E-state index in [-0.39, 0.29) is 13.1 Å². The fourth-order valence-corrected chi connectivity index (χ4v) is 1.86. The van der Waals surface area contributed by atoms with E-state index < -0.39 is 30.5 Å². The van der Waals surface area contributed by atoms with E-state index in [0.717, 1.165) is 17.0 Å². The van der Waals surface area contributed by atoms with Crippen LogP contribution in [0.1, 0.15) is 24.1 Å². The molecule has 0 heterocycles. The summed E-state index contributed by atoms with van der Waals surface area (Å²) < 4.78 is 74.2. The molecule has 0 aliphatic rings. The number of nitrogens with zero attached hydrogens (tertiary/aromatic N) is 1. The van der Waals surface area contributed by atoms with Crippen LogP contribution in [-0.4, -0.2) is 30.7 Å². The van der Waals surface area contributed by atoms with Gasteiger partial charge < -0.3 is 5.73 Å². The number of nitrogens with two attached hydrogens (primary N) is 1. The minimum Gasteiger partial charge on any atom is -0.323 e. The number of halogens is 6. The lowest BCUT2D eigenvalue weighted by Gasteiger charge is -2.25. The fourth-order valence-electron chi connectivity index (χ4n) is 1.86. The van der Waals surface area contributed by atoms with Crippen LogP contribution in [0.25, 0.3) is 0 Å². The standard InChI is InChI=1S/C13H16F6N2/c1-2-21(8-12(14,15)16)7-11(20)9-3-5-10(6-4-9)13(17,18)19/h3-6,11H,2,7-8,20H2,1H3. The van der Waals surface area contributed by atoms with E-state index in [2.05, 4.69) is 0 Å². The van der Waals surface area contributed by atoms with Crippen molar-refractivity contribution in [2.45, 2.75) is 25.3 Å². The number of likely N-dealkylation sites (N-methyl/N-ethyl adjacent to an activating group) is 1. The number of rotatable bonds is 5. The van der Waals surface area contributed by atoms with E-state index >= 15 is 0 Å². The highest BCUT2D eigenvalue weighted by atomic mass is 19.4. The van der Waals surface area contributed by atoms with Crippen LogP contribution in [-0.2, 0) is 6.18 Å². The Labute approximate surface area is 118 Å². The van der Waals surface area contributed by atoms with Gasteiger partial charge >= 0.3 is 12.4 Å². The van der Waals surface area contributed by atoms with Crippen molar-refractivity contribution < 1.29 is 26.3 Å². The molecule has 1 aromatic carbocycles. The highest BCUT2D eigenvalue weighted by molar-refractivity contribution is 5.26. The summed E-state index contributed by atoms with van der Waals surface area (Å²) in [5.74, 6) is 0. The Hall–Kier alpha value is -1.28. The Kier molecular flexibility index (Phi) is 5.63. The molecule has 8 heteroatoms. The van der Waals surface area contributed by atoms with Gasteiger partial charge in [0.25, 0.3) is 0 Å². The van der Waals surface area contributed by atoms with E-state index in [0.29, 0.717) is 5.56 Å². The maximum absolute atomic E-state index is 12.4. The van der Waals surface area contributed by atoms with Crippen LogP contribution in [0.3, 0.4) is 0 Å². The second-order valence-corrected chi connectivity index (χ2v) is 4.67. The fraction of sp³-hybridized carbons (Fsp3) is 0.538. The van der Waals surface area contributed by atoms with Gasteiger partial charge in [0, 0.05) is 12.6 Å². The van der Waals surface area contributed by atoms with Crippen LogP contribution >= 0.6 is 0 Å². The second kappa shape index (κ2) is 6.65. The van der Waals surface area contributed by atoms with E-state index in [1.54, 1.807) is 6.92 Å². The van der Waals surface area contributed by atoms with Crippen molar-refractivity contribution in [1.82, 2.24) is 4.90 Å². The van der Waals surface area contributed by atoms with Gasteiger partial charge in [0.05, 0.1) is 12.1 Å². The zero-order valence-electron chi connectivity index (χ0n) is 11.3. The Bertz CT molecular complexity index is 437. The number of hydrogen-bond acceptors (Lipinski definition) is 2. The van der Waals surface area contributed by atoms with Crippen LogP contribution in [0.15, 0.2) is 24.3 Å². The third-order valence-electron chi connectivity index (χ3n) is 2.97. The molecule has 21 heavy (non-hydrogen) atoms. The van der Waals surface area contributed by atoms with E-state index in [1.165, 1.54) is 12.1 Å². The third-order valence-corrected chi connectivity index (χ3v) is 2.97. The number of alkyl halides is 6. The van der Waals surface area contributed by atoms with Crippen LogP contribution in [0, 0.1) is 0 Å². The first-order valence-corrected chi connectivity index (χ1v) is 6.24. The summed E-state index contributed by atoms with van der Waals surface area (Å²) in [5.41, 5.74) is 5.31. The SMILES string of the molecule is CCN(CC(N)c1ccc(C(F)(F)F)cc1)CC(F)(F)F. The summed E-state index contributed by atoms with van der Waals surface area (Å²) >= 11 is 0. The summed E-state index contributed by atoms with van der Waals surface area (Å²) in [6, 6.07) is 3.34. The molecular weight excluding hydrogens is 298 g/mol. The van der Waals surface area contributed by atoms with Crippen molar-refractivity contribution in [3.8, 4) is 0 Å². The quantitative estimate of drug-likeness (QED) is 0.842. The molecule has 0 amide bonds. The maximum Gasteiger partial charge on any atom is 0.416 e. The summed E-state index contributed by atoms with van der Waals surface area (Å²) in [4.78, 5) is 1.10. The monoisotopic (exact) mass is 314 g/mol. The summed E-state index contributed by atoms with van der Waals surface area (Å²) in [6.45, 7) is 0.526. The minimum atomic E-state index is -4.45. The molecule has 0 spiro atoms. The van der Waals surface area contributed by atoms with Crippen LogP contribution < -0.4 is 5.73 Å². The van der Waals surface area contributed by atoms with Crippen molar-refractivity contribution in [2.75, 3.05) is 19.6 Å². The molecule has 0 radical (unpaired) electrons. The molecule has 0 aliphatic heterocycles. The topological polar surface area (TPSA) is 29.3 Å². The first-order chi connectivity index (χ1) is 9.53. The largest absolute Gasteiger partial charge is 0.416 e. The molecule has 1 atom stereocenters. The molecule has 1 aromatic rings. The average molecular weight is 314 g/mol. The summed E-state index contributed by atoms with van der Waals surface area (Å²) in [7, 11) is 0. The van der Waals surface area contributed by atoms with E-state index in [4.69, 9.17) is 5.73 Å². The van der Waals surface area contributed by atoms with Crippen molar-refractivity contribution in [3.05, 3.63) is 35.4 Å². The molecule has 0 bridgehead atoms. The van der Waals surface area contributed by atoms with Crippen LogP contribution in [0.5, 0.6) is 0 Å². The smallest absolute Gasteiger partial charge is 0.323 e. The lowest BCUT2D eigenvalue weighted by molar-refractivity contribution is -0.146. The van der Waals surface area contributed by atoms with Gasteiger partial charge in [0.2, 0.25) is 0 Å². The lowest BCUT2D eigenvalue weighted by atomic mass is 10.0. The van der Waals surface area contributed by atoms with Crippen molar-refractivity contribution in [3.63, 3.8) is 0 Å². The number of hydrogen-bond donors (Lipinski definition) is 1. The Morgan fingerprint density at radius 1 is 1.05 bits per heavy atom. The van der Waals surface area contributed by atoms with Gasteiger partial charge in [-0.1, -0.05) is 19.1 Å². The molecule has 0 aliphatic carbocycles. The zero-order valence-corrected chi connectivity index (χ0v) is 11.3. The van der Waals surface area contributed by atoms with E-state index in [9.17, 15) is 26.3 Å². The highest BCUT2D eigenvalue weighted by Crippen LogP contribution is 2.29. The van der Waals surface area contributed by atoms with Gasteiger partial charge in [-0.2, -0.15) is 26.3 Å². The molecule has 1 rings (SSSR count). The van der Waals surface area contributed by atoms with Crippen molar-refractivity contribution in [2.24, 2.45) is 5.73 Å². The molecule has 0 aromatic heterocycles. The lowest BCUT2D eigenvalue weighted by Crippen LogP contribution is -2.38. The predicted molar refractivity (Wildman–Crippen MR) is 66.5 cm³/mol. The van der Waals surface area contributed by atoms with Gasteiger partial charge in [0.15, 0.2) is 0 Å². The Morgan fingerprint density at radius 2 is 1.57 bits per heavy atom. The van der Waals surface area contributed by atoms with Gasteiger partial charge in [-0.05, 0) is 24.2 Å². The van der Waals surface area contributed by atoms with Gasteiger partial charge in [-0.3, -0.25) is 4.90 Å². The molecule has 1 unspecified atom stereocenters. The highest BCUT2D eigenvalue weighted by Gasteiger charge is 2.32. The van der Waals surface area contributed by atoms with Gasteiger partial charge in [-0.15, -0.1) is 0 Å². The Morgan fingerprint density at radius 3 is 1.95 bits per heavy atom. The van der Waals surface area contributed by atoms with Crippen molar-refractivity contribution in [1.29, 1.82) is 0 Å². The molecule has 0 fully saturated rings. The molecule has 2 N–H and O–H groups in total. The second-order valence-electron chi connectivity index (χ2n) is 4.67. The summed E-state index contributed by atoms with van der Waals surface area (Å²) in [5, 5.41) is 0. The zero-order chi connectivity index (χ0) is 16.3. The van der Waals surface area contributed by atoms with E-state index in [1.807, 2.05) is 0 Å². The van der Waals surface area contributed by atoms with Crippen LogP contribution in [0.2, 0.25) is 0 Å². The predicted octanol–water partition coefficient (Wildman–Crippen LogP) is 3.59. The molecule has 0 saturated heterocycles. The normalized spacial score (nSPS) is 14.5. The average Bonchev–Trinajstić information content (AvgIpc) is 2.35. The minimum absolute atomic E-state index is 0.0820. The van der Waals surface area contributed by atoms with Crippen molar-refractivity contribution >= 4 is 0 Å². The molecule has 120 valence electrons. The first kappa shape index (κ1) is 17.8. The third kappa shape index (κ3) is 5.92. The first-order valence-electron chi connectivity index (χ1n) is 6.24. The summed E-state index contributed by atoms with van der Waals surface area (Å²) in [6.07, 6.45) is -8.79. The van der Waals surface area contributed by atoms with Gasteiger partial charge in [0.1, 0.15) is 0 Å². The number of benzene rings is 1. The van der Waals surface area contributed by atoms with Gasteiger partial charge in [-0.25, -0.2) is 0 Å². The Balaban J connectivity index is 2.72. The molecule has 2 nitrogen and oxygen atoms in total. The van der Waals surface area contributed by atoms with Crippen LogP contribution in [0.4, 0.5) is 26.3 Å². The maximum atomic E-state index is 12.4. The molecular formula is C13H16F6N2. The molecule has 0 saturated carbocycles.